The van der Waals surface area contributed by atoms with Crippen LogP contribution in [0.4, 0.5) is 0 Å². The van der Waals surface area contributed by atoms with E-state index in [-0.39, 0.29) is 0 Å². The Morgan fingerprint density at radius 3 is 1.78 bits per heavy atom. The molecule has 0 amide bonds. The summed E-state index contributed by atoms with van der Waals surface area (Å²) in [5, 5.41) is 5.69. The summed E-state index contributed by atoms with van der Waals surface area (Å²) >= 11 is 23.0. The molecule has 0 unspecified atom stereocenters. The van der Waals surface area contributed by atoms with Gasteiger partial charge < -0.3 is 4.42 Å². The van der Waals surface area contributed by atoms with E-state index in [2.05, 4.69) is 126 Å². The predicted octanol–water partition coefficient (Wildman–Crippen LogP) is 16.5. The van der Waals surface area contributed by atoms with E-state index in [0.29, 0.717) is 10.0 Å². The fraction of sp³-hybridized carbons (Fsp3) is 0. The van der Waals surface area contributed by atoms with Gasteiger partial charge in [0.1, 0.15) is 28.3 Å². The third-order valence-electron chi connectivity index (χ3n) is 11.3. The molecule has 4 aromatic heterocycles. The minimum atomic E-state index is 0.605. The van der Waals surface area contributed by atoms with E-state index in [0.717, 1.165) is 103 Å². The number of hydrogen-bond acceptors (Lipinski definition) is 4. The average molecular weight is 962 g/mol. The Kier molecular flexibility index (Phi) is 8.38. The van der Waals surface area contributed by atoms with Crippen molar-refractivity contribution in [2.45, 2.75) is 0 Å². The Morgan fingerprint density at radius 1 is 0.483 bits per heavy atom. The van der Waals surface area contributed by atoms with Crippen LogP contribution in [-0.4, -0.2) is 19.1 Å². The van der Waals surface area contributed by atoms with Crippen LogP contribution >= 0.6 is 66.4 Å². The molecule has 0 atom stereocenters. The zero-order valence-corrected chi connectivity index (χ0v) is 36.6. The molecule has 4 heterocycles. The molecular formula is C50H26Br2Cl2N4OS. The minimum absolute atomic E-state index is 0.605. The fourth-order valence-corrected chi connectivity index (χ4v) is 10.8. The van der Waals surface area contributed by atoms with Gasteiger partial charge in [0.15, 0.2) is 5.58 Å². The molecule has 0 saturated heterocycles. The van der Waals surface area contributed by atoms with Crippen LogP contribution in [0, 0.1) is 0 Å². The van der Waals surface area contributed by atoms with Crippen molar-refractivity contribution in [3.63, 3.8) is 0 Å². The summed E-state index contributed by atoms with van der Waals surface area (Å²) in [4.78, 5) is 10.6. The molecule has 0 aliphatic rings. The molecular weight excluding hydrogens is 935 g/mol. The summed E-state index contributed by atoms with van der Waals surface area (Å²) in [5.74, 6) is 1.61. The highest BCUT2D eigenvalue weighted by atomic mass is 79.9. The lowest BCUT2D eigenvalue weighted by Gasteiger charge is -2.13. The molecule has 0 fully saturated rings. The molecule has 0 bridgehead atoms. The Bertz CT molecular complexity index is 3720. The molecule has 60 heavy (non-hydrogen) atoms. The average Bonchev–Trinajstić information content (AvgIpc) is 4.06. The first-order chi connectivity index (χ1) is 29.4. The second-order valence-electron chi connectivity index (χ2n) is 14.7. The quantitative estimate of drug-likeness (QED) is 0.173. The summed E-state index contributed by atoms with van der Waals surface area (Å²) in [6.45, 7) is 0. The molecule has 8 aromatic carbocycles. The number of imidazole rings is 2. The zero-order valence-electron chi connectivity index (χ0n) is 31.1. The van der Waals surface area contributed by atoms with Gasteiger partial charge in [-0.3, -0.25) is 9.13 Å². The Labute approximate surface area is 373 Å². The minimum Gasteiger partial charge on any atom is -0.454 e. The monoisotopic (exact) mass is 958 g/mol. The number of rotatable bonds is 5. The molecule has 286 valence electrons. The van der Waals surface area contributed by atoms with Gasteiger partial charge in [0, 0.05) is 46.3 Å². The van der Waals surface area contributed by atoms with Crippen molar-refractivity contribution < 1.29 is 4.42 Å². The maximum Gasteiger partial charge on any atom is 0.163 e. The number of halogens is 4. The van der Waals surface area contributed by atoms with E-state index < -0.39 is 0 Å². The second kappa shape index (κ2) is 13.9. The lowest BCUT2D eigenvalue weighted by molar-refractivity contribution is 0.672. The normalized spacial score (nSPS) is 12.0. The molecule has 0 saturated carbocycles. The summed E-state index contributed by atoms with van der Waals surface area (Å²) in [6, 6.07) is 54.3. The van der Waals surface area contributed by atoms with Crippen molar-refractivity contribution in [1.82, 2.24) is 19.1 Å². The van der Waals surface area contributed by atoms with Gasteiger partial charge in [0.25, 0.3) is 0 Å². The van der Waals surface area contributed by atoms with Crippen LogP contribution in [-0.2, 0) is 0 Å². The van der Waals surface area contributed by atoms with E-state index in [1.165, 1.54) is 15.5 Å². The van der Waals surface area contributed by atoms with Gasteiger partial charge >= 0.3 is 0 Å². The third-order valence-corrected chi connectivity index (χ3v) is 15.1. The van der Waals surface area contributed by atoms with Crippen molar-refractivity contribution in [3.05, 3.63) is 177 Å². The number of hydrogen-bond donors (Lipinski definition) is 0. The highest BCUT2D eigenvalue weighted by Crippen LogP contribution is 2.44. The summed E-state index contributed by atoms with van der Waals surface area (Å²) in [5.41, 5.74) is 11.1. The van der Waals surface area contributed by atoms with E-state index in [9.17, 15) is 0 Å². The molecule has 12 aromatic rings. The van der Waals surface area contributed by atoms with E-state index in [4.69, 9.17) is 37.6 Å². The van der Waals surface area contributed by atoms with Gasteiger partial charge in [-0.2, -0.15) is 0 Å². The summed E-state index contributed by atoms with van der Waals surface area (Å²) in [7, 11) is 0. The molecule has 0 N–H and O–H groups in total. The van der Waals surface area contributed by atoms with Crippen molar-refractivity contribution >= 4 is 131 Å². The first-order valence-corrected chi connectivity index (χ1v) is 22.3. The molecule has 0 radical (unpaired) electrons. The number of thiophene rings is 1. The zero-order chi connectivity index (χ0) is 40.2. The number of benzene rings is 8. The summed E-state index contributed by atoms with van der Waals surface area (Å²) in [6.07, 6.45) is 0. The largest absolute Gasteiger partial charge is 0.454 e. The highest BCUT2D eigenvalue weighted by molar-refractivity contribution is 9.10. The fourth-order valence-electron chi connectivity index (χ4n) is 8.48. The van der Waals surface area contributed by atoms with Gasteiger partial charge in [-0.25, -0.2) is 9.97 Å². The highest BCUT2D eigenvalue weighted by Gasteiger charge is 2.23. The van der Waals surface area contributed by atoms with E-state index in [1.54, 1.807) is 11.3 Å². The summed E-state index contributed by atoms with van der Waals surface area (Å²) < 4.78 is 14.7. The lowest BCUT2D eigenvalue weighted by Crippen LogP contribution is -1.99. The number of fused-ring (bicyclic) bond motifs is 10. The Morgan fingerprint density at radius 2 is 1.07 bits per heavy atom. The van der Waals surface area contributed by atoms with Crippen LogP contribution < -0.4 is 0 Å². The first kappa shape index (κ1) is 36.1. The van der Waals surface area contributed by atoms with Crippen LogP contribution in [0.2, 0.25) is 10.0 Å². The van der Waals surface area contributed by atoms with Crippen molar-refractivity contribution in [2.75, 3.05) is 0 Å². The van der Waals surface area contributed by atoms with Crippen LogP contribution in [0.3, 0.4) is 0 Å². The molecule has 10 heteroatoms. The number of nitrogens with zero attached hydrogens (tertiary/aromatic N) is 4. The molecule has 12 rings (SSSR count). The van der Waals surface area contributed by atoms with Crippen molar-refractivity contribution in [3.8, 4) is 45.3 Å². The second-order valence-corrected chi connectivity index (χ2v) is 18.2. The predicted molar refractivity (Wildman–Crippen MR) is 258 cm³/mol. The topological polar surface area (TPSA) is 48.8 Å². The molecule has 0 spiro atoms. The van der Waals surface area contributed by atoms with Crippen LogP contribution in [0.25, 0.3) is 109 Å². The van der Waals surface area contributed by atoms with Gasteiger partial charge in [-0.1, -0.05) is 120 Å². The SMILES string of the molecule is Clc1c(Br)cccc1-n1c(-c2ccc(-c3ccc4sc5c(ccc6c5nc(-c5ccccc5)n6-c5cccc(Br)c5Cl)c4c3)cc2)nc2c3oc4ccccc4c3ccc21. The van der Waals surface area contributed by atoms with Gasteiger partial charge in [0.2, 0.25) is 0 Å². The Balaban J connectivity index is 0.990. The van der Waals surface area contributed by atoms with E-state index in [1.807, 2.05) is 72.8 Å². The maximum absolute atomic E-state index is 6.99. The first-order valence-electron chi connectivity index (χ1n) is 19.2. The molecule has 0 aliphatic carbocycles. The van der Waals surface area contributed by atoms with Crippen LogP contribution in [0.1, 0.15) is 0 Å². The number of para-hydroxylation sites is 1. The molecule has 0 aliphatic heterocycles. The standard InChI is InChI=1S/C50H26Br2Cl2N4OS/c51-35-11-6-13-37(43(35)53)57-39-23-21-32-31-10-4-5-15-41(31)59-47(32)45(39)55-50(57)29-18-16-27(17-19-29)30-20-25-42-34(26-30)33-22-24-40-46(48(33)60-42)56-49(28-8-2-1-3-9-28)58(40)38-14-7-12-36(52)44(38)54/h1-26H. The van der Waals surface area contributed by atoms with Crippen molar-refractivity contribution in [1.29, 1.82) is 0 Å². The van der Waals surface area contributed by atoms with Gasteiger partial charge in [-0.05, 0) is 104 Å². The van der Waals surface area contributed by atoms with Crippen LogP contribution in [0.15, 0.2) is 171 Å². The Hall–Kier alpha value is -5.74. The smallest absolute Gasteiger partial charge is 0.163 e. The van der Waals surface area contributed by atoms with Crippen LogP contribution in [0.5, 0.6) is 0 Å². The number of furan rings is 1. The van der Waals surface area contributed by atoms with Gasteiger partial charge in [0.05, 0.1) is 37.2 Å². The van der Waals surface area contributed by atoms with E-state index >= 15 is 0 Å². The maximum atomic E-state index is 6.99. The molecule has 5 nitrogen and oxygen atoms in total. The third kappa shape index (κ3) is 5.48. The van der Waals surface area contributed by atoms with Gasteiger partial charge in [-0.15, -0.1) is 11.3 Å². The van der Waals surface area contributed by atoms with Crippen molar-refractivity contribution in [2.24, 2.45) is 0 Å². The lowest BCUT2D eigenvalue weighted by atomic mass is 10.0. The number of aromatic nitrogens is 4.